The van der Waals surface area contributed by atoms with Crippen LogP contribution in [0.5, 0.6) is 0 Å². The number of rotatable bonds is 4. The minimum atomic E-state index is -0.505. The van der Waals surface area contributed by atoms with Crippen molar-refractivity contribution in [2.24, 2.45) is 0 Å². The van der Waals surface area contributed by atoms with Crippen LogP contribution < -0.4 is 0 Å². The van der Waals surface area contributed by atoms with Gasteiger partial charge < -0.3 is 14.0 Å². The summed E-state index contributed by atoms with van der Waals surface area (Å²) in [5, 5.41) is 13.4. The Labute approximate surface area is 93.1 Å². The molecular formula is C11H14N2O3. The van der Waals surface area contributed by atoms with Crippen molar-refractivity contribution >= 4 is 0 Å². The Bertz CT molecular complexity index is 434. The molecule has 5 nitrogen and oxygen atoms in total. The molecule has 2 aromatic heterocycles. The van der Waals surface area contributed by atoms with Gasteiger partial charge in [0.15, 0.2) is 5.76 Å². The molecule has 0 amide bonds. The van der Waals surface area contributed by atoms with Crippen molar-refractivity contribution in [1.29, 1.82) is 0 Å². The Kier molecular flexibility index (Phi) is 3.05. The second kappa shape index (κ2) is 4.49. The van der Waals surface area contributed by atoms with E-state index in [0.29, 0.717) is 17.5 Å². The molecule has 5 heteroatoms. The summed E-state index contributed by atoms with van der Waals surface area (Å²) in [7, 11) is 0. The fourth-order valence-electron chi connectivity index (χ4n) is 1.61. The number of furan rings is 1. The first-order valence-corrected chi connectivity index (χ1v) is 5.28. The molecular weight excluding hydrogens is 208 g/mol. The molecule has 2 aromatic rings. The molecule has 2 heterocycles. The fourth-order valence-corrected chi connectivity index (χ4v) is 1.61. The summed E-state index contributed by atoms with van der Waals surface area (Å²) in [5.74, 6) is 1.30. The average molecular weight is 222 g/mol. The van der Waals surface area contributed by atoms with Crippen LogP contribution in [-0.2, 0) is 0 Å². The zero-order chi connectivity index (χ0) is 11.5. The van der Waals surface area contributed by atoms with Crippen molar-refractivity contribution in [3.8, 4) is 11.6 Å². The van der Waals surface area contributed by atoms with E-state index >= 15 is 0 Å². The quantitative estimate of drug-likeness (QED) is 0.858. The van der Waals surface area contributed by atoms with Crippen LogP contribution in [0.15, 0.2) is 27.3 Å². The summed E-state index contributed by atoms with van der Waals surface area (Å²) < 4.78 is 10.3. The molecule has 0 aromatic carbocycles. The Morgan fingerprint density at radius 3 is 2.88 bits per heavy atom. The maximum atomic E-state index is 9.55. The number of aliphatic hydroxyl groups is 1. The van der Waals surface area contributed by atoms with Crippen LogP contribution in [0.25, 0.3) is 11.6 Å². The minimum absolute atomic E-state index is 0.129. The van der Waals surface area contributed by atoms with E-state index in [4.69, 9.17) is 8.94 Å². The van der Waals surface area contributed by atoms with Crippen LogP contribution in [0.3, 0.4) is 0 Å². The third-order valence-corrected chi connectivity index (χ3v) is 2.52. The van der Waals surface area contributed by atoms with Gasteiger partial charge in [0.1, 0.15) is 0 Å². The fraction of sp³-hybridized carbons (Fsp3) is 0.455. The van der Waals surface area contributed by atoms with Gasteiger partial charge in [0.05, 0.1) is 18.3 Å². The standard InChI is InChI=1S/C11H14N2O3/c1-3-8(7(2)14)11-12-10(13-16-11)9-5-4-6-15-9/h4-8,14H,3H2,1-2H3. The van der Waals surface area contributed by atoms with Crippen LogP contribution >= 0.6 is 0 Å². The Hall–Kier alpha value is -1.62. The van der Waals surface area contributed by atoms with E-state index in [1.54, 1.807) is 25.3 Å². The van der Waals surface area contributed by atoms with Gasteiger partial charge in [-0.15, -0.1) is 0 Å². The smallest absolute Gasteiger partial charge is 0.238 e. The van der Waals surface area contributed by atoms with Crippen LogP contribution in [0.1, 0.15) is 32.1 Å². The van der Waals surface area contributed by atoms with E-state index in [0.717, 1.165) is 6.42 Å². The van der Waals surface area contributed by atoms with Gasteiger partial charge in [0.2, 0.25) is 11.7 Å². The van der Waals surface area contributed by atoms with Crippen molar-refractivity contribution < 1.29 is 14.0 Å². The summed E-state index contributed by atoms with van der Waals surface area (Å²) >= 11 is 0. The van der Waals surface area contributed by atoms with Gasteiger partial charge in [0.25, 0.3) is 0 Å². The Morgan fingerprint density at radius 2 is 2.31 bits per heavy atom. The van der Waals surface area contributed by atoms with E-state index in [9.17, 15) is 5.11 Å². The largest absolute Gasteiger partial charge is 0.461 e. The van der Waals surface area contributed by atoms with Crippen LogP contribution in [0, 0.1) is 0 Å². The molecule has 0 aliphatic rings. The van der Waals surface area contributed by atoms with Crippen LogP contribution in [-0.4, -0.2) is 21.4 Å². The van der Waals surface area contributed by atoms with Gasteiger partial charge in [-0.2, -0.15) is 4.98 Å². The predicted molar refractivity (Wildman–Crippen MR) is 56.7 cm³/mol. The molecule has 0 bridgehead atoms. The van der Waals surface area contributed by atoms with Crippen molar-refractivity contribution in [2.45, 2.75) is 32.3 Å². The first-order valence-electron chi connectivity index (χ1n) is 5.28. The molecule has 0 saturated heterocycles. The molecule has 0 radical (unpaired) electrons. The van der Waals surface area contributed by atoms with E-state index < -0.39 is 6.10 Å². The lowest BCUT2D eigenvalue weighted by Crippen LogP contribution is -2.13. The van der Waals surface area contributed by atoms with Crippen LogP contribution in [0.2, 0.25) is 0 Å². The summed E-state index contributed by atoms with van der Waals surface area (Å²) in [6.07, 6.45) is 1.80. The summed E-state index contributed by atoms with van der Waals surface area (Å²) in [5.41, 5.74) is 0. The lowest BCUT2D eigenvalue weighted by atomic mass is 10.0. The van der Waals surface area contributed by atoms with Crippen LogP contribution in [0.4, 0.5) is 0 Å². The monoisotopic (exact) mass is 222 g/mol. The molecule has 1 N–H and O–H groups in total. The number of hydrogen-bond acceptors (Lipinski definition) is 5. The zero-order valence-corrected chi connectivity index (χ0v) is 9.25. The highest BCUT2D eigenvalue weighted by atomic mass is 16.5. The molecule has 0 spiro atoms. The molecule has 86 valence electrons. The van der Waals surface area contributed by atoms with E-state index in [1.807, 2.05) is 6.92 Å². The Balaban J connectivity index is 2.25. The van der Waals surface area contributed by atoms with E-state index in [1.165, 1.54) is 0 Å². The van der Waals surface area contributed by atoms with Gasteiger partial charge >= 0.3 is 0 Å². The maximum Gasteiger partial charge on any atom is 0.238 e. The lowest BCUT2D eigenvalue weighted by molar-refractivity contribution is 0.141. The SMILES string of the molecule is CCC(c1nc(-c2ccco2)no1)C(C)O. The Morgan fingerprint density at radius 1 is 1.50 bits per heavy atom. The topological polar surface area (TPSA) is 72.3 Å². The van der Waals surface area contributed by atoms with E-state index in [2.05, 4.69) is 10.1 Å². The molecule has 0 aliphatic heterocycles. The van der Waals surface area contributed by atoms with Gasteiger partial charge in [-0.05, 0) is 25.5 Å². The highest BCUT2D eigenvalue weighted by Crippen LogP contribution is 2.24. The summed E-state index contributed by atoms with van der Waals surface area (Å²) in [4.78, 5) is 4.21. The number of aromatic nitrogens is 2. The number of aliphatic hydroxyl groups excluding tert-OH is 1. The first kappa shape index (κ1) is 10.9. The number of nitrogens with zero attached hydrogens (tertiary/aromatic N) is 2. The second-order valence-electron chi connectivity index (χ2n) is 3.69. The van der Waals surface area contributed by atoms with Crippen molar-refractivity contribution in [1.82, 2.24) is 10.1 Å². The first-order chi connectivity index (χ1) is 7.72. The van der Waals surface area contributed by atoms with Crippen molar-refractivity contribution in [3.05, 3.63) is 24.3 Å². The minimum Gasteiger partial charge on any atom is -0.461 e. The molecule has 16 heavy (non-hydrogen) atoms. The molecule has 2 atom stereocenters. The van der Waals surface area contributed by atoms with Crippen molar-refractivity contribution in [2.75, 3.05) is 0 Å². The average Bonchev–Trinajstić information content (AvgIpc) is 2.86. The molecule has 0 saturated carbocycles. The highest BCUT2D eigenvalue weighted by Gasteiger charge is 2.22. The molecule has 0 fully saturated rings. The highest BCUT2D eigenvalue weighted by molar-refractivity contribution is 5.44. The number of hydrogen-bond donors (Lipinski definition) is 1. The maximum absolute atomic E-state index is 9.55. The third kappa shape index (κ3) is 1.99. The van der Waals surface area contributed by atoms with Gasteiger partial charge in [-0.25, -0.2) is 0 Å². The normalized spacial score (nSPS) is 14.9. The molecule has 2 rings (SSSR count). The lowest BCUT2D eigenvalue weighted by Gasteiger charge is -2.12. The van der Waals surface area contributed by atoms with Gasteiger partial charge in [-0.3, -0.25) is 0 Å². The molecule has 2 unspecified atom stereocenters. The predicted octanol–water partition coefficient (Wildman–Crippen LogP) is 2.20. The van der Waals surface area contributed by atoms with Gasteiger partial charge in [0, 0.05) is 0 Å². The summed E-state index contributed by atoms with van der Waals surface area (Å²) in [6, 6.07) is 3.52. The molecule has 0 aliphatic carbocycles. The second-order valence-corrected chi connectivity index (χ2v) is 3.69. The van der Waals surface area contributed by atoms with E-state index in [-0.39, 0.29) is 5.92 Å². The zero-order valence-electron chi connectivity index (χ0n) is 9.25. The summed E-state index contributed by atoms with van der Waals surface area (Å²) in [6.45, 7) is 3.68. The van der Waals surface area contributed by atoms with Crippen molar-refractivity contribution in [3.63, 3.8) is 0 Å². The van der Waals surface area contributed by atoms with Gasteiger partial charge in [-0.1, -0.05) is 12.1 Å². The third-order valence-electron chi connectivity index (χ3n) is 2.52.